The first-order valence-corrected chi connectivity index (χ1v) is 10.2. The first kappa shape index (κ1) is 19.4. The molecule has 3 aromatic carbocycles. The molecular weight excluding hydrogens is 477 g/mol. The Morgan fingerprint density at radius 2 is 1.66 bits per heavy atom. The zero-order chi connectivity index (χ0) is 20.2. The Hall–Kier alpha value is -2.93. The number of aryl methyl sites for hydroxylation is 1. The molecule has 0 saturated heterocycles. The van der Waals surface area contributed by atoms with Crippen LogP contribution >= 0.6 is 22.6 Å². The quantitative estimate of drug-likeness (QED) is 0.266. The second-order valence-corrected chi connectivity index (χ2v) is 7.93. The Labute approximate surface area is 183 Å². The third kappa shape index (κ3) is 4.92. The van der Waals surface area contributed by atoms with E-state index in [1.807, 2.05) is 55.5 Å². The highest BCUT2D eigenvalue weighted by molar-refractivity contribution is 14.1. The van der Waals surface area contributed by atoms with Crippen molar-refractivity contribution in [3.63, 3.8) is 0 Å². The molecule has 29 heavy (non-hydrogen) atoms. The van der Waals surface area contributed by atoms with Crippen LogP contribution < -0.4 is 4.74 Å². The van der Waals surface area contributed by atoms with Gasteiger partial charge in [0.25, 0.3) is 0 Å². The number of rotatable bonds is 5. The number of carbonyl (C=O) groups excluding carboxylic acids is 1. The van der Waals surface area contributed by atoms with E-state index in [2.05, 4.69) is 51.8 Å². The van der Waals surface area contributed by atoms with Gasteiger partial charge in [0.15, 0.2) is 5.70 Å². The summed E-state index contributed by atoms with van der Waals surface area (Å²) < 4.78 is 12.3. The van der Waals surface area contributed by atoms with E-state index in [0.29, 0.717) is 12.5 Å². The molecule has 0 fully saturated rings. The number of ether oxygens (including phenoxy) is 2. The van der Waals surface area contributed by atoms with Gasteiger partial charge in [0, 0.05) is 9.13 Å². The molecule has 0 unspecified atom stereocenters. The fourth-order valence-corrected chi connectivity index (χ4v) is 3.15. The summed E-state index contributed by atoms with van der Waals surface area (Å²) in [5.74, 6) is 0.655. The molecule has 0 radical (unpaired) electrons. The maximum absolute atomic E-state index is 12.1. The van der Waals surface area contributed by atoms with Gasteiger partial charge in [-0.25, -0.2) is 9.79 Å². The summed E-state index contributed by atoms with van der Waals surface area (Å²) in [4.78, 5) is 16.5. The van der Waals surface area contributed by atoms with Crippen LogP contribution in [0.25, 0.3) is 6.08 Å². The number of hydrogen-bond donors (Lipinski definition) is 0. The Bertz CT molecular complexity index is 1080. The minimum atomic E-state index is -0.445. The van der Waals surface area contributed by atoms with Crippen molar-refractivity contribution >= 4 is 40.5 Å². The lowest BCUT2D eigenvalue weighted by atomic mass is 10.1. The molecular formula is C24H18INO3. The molecule has 144 valence electrons. The van der Waals surface area contributed by atoms with E-state index in [1.165, 1.54) is 3.57 Å². The Kier molecular flexibility index (Phi) is 5.76. The molecule has 4 nitrogen and oxygen atoms in total. The summed E-state index contributed by atoms with van der Waals surface area (Å²) in [5, 5.41) is 0. The molecule has 0 N–H and O–H groups in total. The van der Waals surface area contributed by atoms with Crippen molar-refractivity contribution in [3.8, 4) is 5.75 Å². The normalized spacial score (nSPS) is 14.6. The molecule has 1 aliphatic rings. The fourth-order valence-electron chi connectivity index (χ4n) is 2.79. The van der Waals surface area contributed by atoms with Crippen molar-refractivity contribution in [2.75, 3.05) is 0 Å². The van der Waals surface area contributed by atoms with E-state index in [0.717, 1.165) is 28.0 Å². The van der Waals surface area contributed by atoms with Gasteiger partial charge in [0.1, 0.15) is 12.4 Å². The largest absolute Gasteiger partial charge is 0.489 e. The van der Waals surface area contributed by atoms with Gasteiger partial charge in [-0.3, -0.25) is 0 Å². The average Bonchev–Trinajstić information content (AvgIpc) is 3.09. The lowest BCUT2D eigenvalue weighted by molar-refractivity contribution is -0.129. The number of esters is 1. The van der Waals surface area contributed by atoms with Crippen molar-refractivity contribution in [2.24, 2.45) is 4.99 Å². The Balaban J connectivity index is 1.44. The van der Waals surface area contributed by atoms with E-state index < -0.39 is 5.97 Å². The van der Waals surface area contributed by atoms with E-state index >= 15 is 0 Å². The van der Waals surface area contributed by atoms with Gasteiger partial charge in [-0.15, -0.1) is 0 Å². The molecule has 3 aromatic rings. The highest BCUT2D eigenvalue weighted by Gasteiger charge is 2.23. The van der Waals surface area contributed by atoms with Gasteiger partial charge in [0.2, 0.25) is 5.90 Å². The monoisotopic (exact) mass is 495 g/mol. The number of halogens is 1. The van der Waals surface area contributed by atoms with Gasteiger partial charge in [-0.05, 0) is 83.1 Å². The van der Waals surface area contributed by atoms with Gasteiger partial charge in [-0.2, -0.15) is 0 Å². The molecule has 4 rings (SSSR count). The summed E-state index contributed by atoms with van der Waals surface area (Å²) in [6, 6.07) is 23.5. The third-order valence-corrected chi connectivity index (χ3v) is 5.14. The topological polar surface area (TPSA) is 47.9 Å². The average molecular weight is 495 g/mol. The van der Waals surface area contributed by atoms with Crippen molar-refractivity contribution in [3.05, 3.63) is 104 Å². The number of hydrogen-bond acceptors (Lipinski definition) is 4. The van der Waals surface area contributed by atoms with Crippen LogP contribution in [-0.2, 0) is 16.1 Å². The van der Waals surface area contributed by atoms with Gasteiger partial charge >= 0.3 is 5.97 Å². The van der Waals surface area contributed by atoms with E-state index in [9.17, 15) is 4.79 Å². The van der Waals surface area contributed by atoms with E-state index in [1.54, 1.807) is 6.08 Å². The SMILES string of the molecule is Cc1ccc(C2=N/C(=C\c3ccc(OCc4ccc(I)cc4)cc3)C(=O)O2)cc1. The van der Waals surface area contributed by atoms with Crippen LogP contribution in [0.5, 0.6) is 5.75 Å². The summed E-state index contributed by atoms with van der Waals surface area (Å²) in [7, 11) is 0. The van der Waals surface area contributed by atoms with Crippen molar-refractivity contribution < 1.29 is 14.3 Å². The summed E-state index contributed by atoms with van der Waals surface area (Å²) in [6.07, 6.45) is 1.71. The molecule has 1 heterocycles. The number of carbonyl (C=O) groups is 1. The molecule has 0 aliphatic carbocycles. The molecule has 0 amide bonds. The van der Waals surface area contributed by atoms with Crippen molar-refractivity contribution in [1.82, 2.24) is 0 Å². The summed E-state index contributed by atoms with van der Waals surface area (Å²) >= 11 is 2.28. The lowest BCUT2D eigenvalue weighted by Gasteiger charge is -2.06. The zero-order valence-electron chi connectivity index (χ0n) is 15.8. The van der Waals surface area contributed by atoms with Crippen LogP contribution in [0.15, 0.2) is 83.5 Å². The lowest BCUT2D eigenvalue weighted by Crippen LogP contribution is -2.05. The van der Waals surface area contributed by atoms with Crippen molar-refractivity contribution in [1.29, 1.82) is 0 Å². The number of aliphatic imine (C=N–C) groups is 1. The highest BCUT2D eigenvalue weighted by atomic mass is 127. The summed E-state index contributed by atoms with van der Waals surface area (Å²) in [6.45, 7) is 2.51. The van der Waals surface area contributed by atoms with Crippen LogP contribution in [0.3, 0.4) is 0 Å². The molecule has 0 saturated carbocycles. The first-order chi connectivity index (χ1) is 14.1. The van der Waals surface area contributed by atoms with Crippen LogP contribution in [0, 0.1) is 10.5 Å². The Morgan fingerprint density at radius 1 is 0.966 bits per heavy atom. The third-order valence-electron chi connectivity index (χ3n) is 4.42. The van der Waals surface area contributed by atoms with Crippen LogP contribution in [0.4, 0.5) is 0 Å². The predicted octanol–water partition coefficient (Wildman–Crippen LogP) is 5.52. The molecule has 1 aliphatic heterocycles. The smallest absolute Gasteiger partial charge is 0.363 e. The predicted molar refractivity (Wildman–Crippen MR) is 122 cm³/mol. The number of nitrogens with zero attached hydrogens (tertiary/aromatic N) is 1. The molecule has 0 aromatic heterocycles. The molecule has 5 heteroatoms. The zero-order valence-corrected chi connectivity index (χ0v) is 17.9. The standard InChI is InChI=1S/C24H18INO3/c1-16-2-8-19(9-3-16)23-26-22(24(27)29-23)14-17-6-12-21(13-7-17)28-15-18-4-10-20(25)11-5-18/h2-14H,15H2,1H3/b22-14-. The molecule has 0 spiro atoms. The number of cyclic esters (lactones) is 1. The maximum atomic E-state index is 12.1. The fraction of sp³-hybridized carbons (Fsp3) is 0.0833. The minimum absolute atomic E-state index is 0.285. The Morgan fingerprint density at radius 3 is 2.34 bits per heavy atom. The van der Waals surface area contributed by atoms with Crippen LogP contribution in [0.1, 0.15) is 22.3 Å². The summed E-state index contributed by atoms with van der Waals surface area (Å²) in [5.41, 5.74) is 4.18. The highest BCUT2D eigenvalue weighted by Crippen LogP contribution is 2.21. The molecule has 0 atom stereocenters. The van der Waals surface area contributed by atoms with E-state index in [-0.39, 0.29) is 5.70 Å². The van der Waals surface area contributed by atoms with Gasteiger partial charge in [-0.1, -0.05) is 42.0 Å². The van der Waals surface area contributed by atoms with Crippen LogP contribution in [-0.4, -0.2) is 11.9 Å². The molecule has 0 bridgehead atoms. The minimum Gasteiger partial charge on any atom is -0.489 e. The first-order valence-electron chi connectivity index (χ1n) is 9.14. The maximum Gasteiger partial charge on any atom is 0.363 e. The second kappa shape index (κ2) is 8.61. The second-order valence-electron chi connectivity index (χ2n) is 6.69. The number of benzene rings is 3. The van der Waals surface area contributed by atoms with Gasteiger partial charge in [0.05, 0.1) is 0 Å². The van der Waals surface area contributed by atoms with E-state index in [4.69, 9.17) is 9.47 Å². The van der Waals surface area contributed by atoms with Gasteiger partial charge < -0.3 is 9.47 Å². The van der Waals surface area contributed by atoms with Crippen LogP contribution in [0.2, 0.25) is 0 Å². The van der Waals surface area contributed by atoms with Crippen molar-refractivity contribution in [2.45, 2.75) is 13.5 Å².